The number of aryl methyl sites for hydroxylation is 1. The molecule has 0 spiro atoms. The molecule has 0 bridgehead atoms. The van der Waals surface area contributed by atoms with Crippen molar-refractivity contribution in [2.24, 2.45) is 0 Å². The van der Waals surface area contributed by atoms with Crippen LogP contribution in [0.2, 0.25) is 0 Å². The van der Waals surface area contributed by atoms with Crippen molar-refractivity contribution in [2.75, 3.05) is 0 Å². The Morgan fingerprint density at radius 2 is 2.07 bits per heavy atom. The van der Waals surface area contributed by atoms with Crippen LogP contribution in [0.4, 0.5) is 5.82 Å². The molecule has 5 nitrogen and oxygen atoms in total. The van der Waals surface area contributed by atoms with Crippen molar-refractivity contribution in [3.8, 4) is 0 Å². The SMILES string of the molecule is CCCn1[c-]n[c-]c1[N+](=O)[O-].[Y].[Y].[Y]. The summed E-state index contributed by atoms with van der Waals surface area (Å²) in [5.74, 6) is -0.119. The number of hydrogen-bond acceptors (Lipinski definition) is 3. The van der Waals surface area contributed by atoms with Gasteiger partial charge in [-0.2, -0.15) is 4.92 Å². The van der Waals surface area contributed by atoms with Crippen molar-refractivity contribution in [3.05, 3.63) is 22.6 Å². The molecule has 0 aliphatic heterocycles. The summed E-state index contributed by atoms with van der Waals surface area (Å²) in [6.07, 6.45) is 5.53. The number of hydrogen-bond donors (Lipinski definition) is 0. The molecule has 3 radical (unpaired) electrons. The molecule has 1 rings (SSSR count). The zero-order valence-corrected chi connectivity index (χ0v) is 16.3. The molecule has 0 aliphatic rings. The Kier molecular flexibility index (Phi) is 17.3. The van der Waals surface area contributed by atoms with Gasteiger partial charge in [-0.05, 0) is 6.42 Å². The monoisotopic (exact) mass is 420 g/mol. The normalized spacial score (nSPS) is 7.79. The summed E-state index contributed by atoms with van der Waals surface area (Å²) < 4.78 is 1.35. The van der Waals surface area contributed by atoms with Gasteiger partial charge >= 0.3 is 0 Å². The van der Waals surface area contributed by atoms with E-state index in [-0.39, 0.29) is 104 Å². The second-order valence-corrected chi connectivity index (χ2v) is 2.06. The standard InChI is InChI=1S/C6H7N3O2.3Y/c1-2-3-8-5-7-4-6(8)9(10)11;;;/h2-3H2,1H3;;;/q-2;;;. The molecule has 14 heavy (non-hydrogen) atoms. The third-order valence-corrected chi connectivity index (χ3v) is 1.20. The zero-order valence-electron chi connectivity index (χ0n) is 7.80. The van der Waals surface area contributed by atoms with Crippen molar-refractivity contribution in [2.45, 2.75) is 19.9 Å². The molecule has 0 aliphatic carbocycles. The zero-order chi connectivity index (χ0) is 8.27. The minimum absolute atomic E-state index is 0. The second kappa shape index (κ2) is 11.4. The second-order valence-electron chi connectivity index (χ2n) is 2.06. The van der Waals surface area contributed by atoms with Crippen molar-refractivity contribution >= 4 is 5.82 Å². The number of imidazole rings is 1. The van der Waals surface area contributed by atoms with Gasteiger partial charge in [-0.3, -0.25) is 6.20 Å². The van der Waals surface area contributed by atoms with Gasteiger partial charge in [0.25, 0.3) is 0 Å². The predicted octanol–water partition coefficient (Wildman–Crippen LogP) is 0.794. The van der Waals surface area contributed by atoms with Gasteiger partial charge in [0.1, 0.15) is 0 Å². The van der Waals surface area contributed by atoms with E-state index in [0.29, 0.717) is 6.54 Å². The molecule has 0 N–H and O–H groups in total. The topological polar surface area (TPSA) is 61.0 Å². The van der Waals surface area contributed by atoms with Crippen LogP contribution in [0.1, 0.15) is 13.3 Å². The molecule has 1 aromatic rings. The van der Waals surface area contributed by atoms with Crippen LogP contribution in [0.3, 0.4) is 0 Å². The molecule has 0 aromatic carbocycles. The van der Waals surface area contributed by atoms with E-state index in [9.17, 15) is 10.1 Å². The van der Waals surface area contributed by atoms with E-state index in [0.717, 1.165) is 6.42 Å². The molecule has 0 saturated heterocycles. The smallest absolute Gasteiger partial charge is 0.0461 e. The molecule has 0 unspecified atom stereocenters. The number of rotatable bonds is 3. The maximum atomic E-state index is 10.3. The average Bonchev–Trinajstić information content (AvgIpc) is 2.36. The van der Waals surface area contributed by atoms with E-state index in [4.69, 9.17) is 0 Å². The van der Waals surface area contributed by atoms with Crippen molar-refractivity contribution in [3.63, 3.8) is 0 Å². The third kappa shape index (κ3) is 6.49. The Morgan fingerprint density at radius 3 is 2.50 bits per heavy atom. The number of aromatic nitrogens is 2. The minimum Gasteiger partial charge on any atom is -0.520 e. The third-order valence-electron chi connectivity index (χ3n) is 1.20. The van der Waals surface area contributed by atoms with Gasteiger partial charge in [0.2, 0.25) is 0 Å². The fourth-order valence-electron chi connectivity index (χ4n) is 0.762. The molecule has 0 saturated carbocycles. The summed E-state index contributed by atoms with van der Waals surface area (Å²) in [7, 11) is 0. The van der Waals surface area contributed by atoms with E-state index in [1.54, 1.807) is 0 Å². The molecule has 1 heterocycles. The van der Waals surface area contributed by atoms with Crippen LogP contribution < -0.4 is 0 Å². The van der Waals surface area contributed by atoms with Gasteiger partial charge < -0.3 is 19.7 Å². The van der Waals surface area contributed by atoms with Gasteiger partial charge in [-0.1, -0.05) is 13.3 Å². The van der Waals surface area contributed by atoms with Crippen LogP contribution >= 0.6 is 0 Å². The summed E-state index contributed by atoms with van der Waals surface area (Å²) >= 11 is 0. The number of nitro groups is 1. The van der Waals surface area contributed by atoms with Gasteiger partial charge in [0.05, 0.1) is 0 Å². The fourth-order valence-corrected chi connectivity index (χ4v) is 0.762. The van der Waals surface area contributed by atoms with E-state index >= 15 is 0 Å². The Hall–Kier alpha value is 1.92. The first-order chi connectivity index (χ1) is 5.25. The van der Waals surface area contributed by atoms with Crippen molar-refractivity contribution < 1.29 is 103 Å². The largest absolute Gasteiger partial charge is 0.520 e. The van der Waals surface area contributed by atoms with Crippen LogP contribution in [0.25, 0.3) is 0 Å². The first-order valence-electron chi connectivity index (χ1n) is 3.26. The molecule has 0 atom stereocenters. The van der Waals surface area contributed by atoms with Crippen molar-refractivity contribution in [1.82, 2.24) is 9.55 Å². The Labute approximate surface area is 158 Å². The molecule has 0 fully saturated rings. The molecule has 8 heteroatoms. The van der Waals surface area contributed by atoms with Crippen LogP contribution in [-0.4, -0.2) is 14.5 Å². The molecule has 69 valence electrons. The fraction of sp³-hybridized carbons (Fsp3) is 0.500. The summed E-state index contributed by atoms with van der Waals surface area (Å²) in [6, 6.07) is 0. The van der Waals surface area contributed by atoms with Crippen LogP contribution in [0.5, 0.6) is 0 Å². The average molecular weight is 420 g/mol. The Bertz CT molecular complexity index is 267. The minimum atomic E-state index is -0.515. The molecular weight excluding hydrogens is 413 g/mol. The summed E-state index contributed by atoms with van der Waals surface area (Å²) in [4.78, 5) is 13.2. The maximum absolute atomic E-state index is 10.3. The summed E-state index contributed by atoms with van der Waals surface area (Å²) in [5.41, 5.74) is 0. The Morgan fingerprint density at radius 1 is 1.50 bits per heavy atom. The van der Waals surface area contributed by atoms with Crippen LogP contribution in [0, 0.1) is 22.6 Å². The molecule has 1 aromatic heterocycles. The first-order valence-corrected chi connectivity index (χ1v) is 3.26. The first kappa shape index (κ1) is 21.2. The predicted molar refractivity (Wildman–Crippen MR) is 36.8 cm³/mol. The summed E-state index contributed by atoms with van der Waals surface area (Å²) in [6.45, 7) is 2.49. The van der Waals surface area contributed by atoms with Crippen molar-refractivity contribution in [1.29, 1.82) is 0 Å². The number of nitrogens with zero attached hydrogens (tertiary/aromatic N) is 3. The van der Waals surface area contributed by atoms with Gasteiger partial charge in [-0.15, -0.1) is 0 Å². The quantitative estimate of drug-likeness (QED) is 0.413. The van der Waals surface area contributed by atoms with Gasteiger partial charge in [0.15, 0.2) is 0 Å². The van der Waals surface area contributed by atoms with Crippen LogP contribution in [-0.2, 0) is 105 Å². The van der Waals surface area contributed by atoms with Gasteiger partial charge in [-0.25, -0.2) is 0 Å². The molecule has 0 amide bonds. The Balaban J connectivity index is -0.000000403. The van der Waals surface area contributed by atoms with Gasteiger partial charge in [0, 0.05) is 110 Å². The van der Waals surface area contributed by atoms with E-state index in [2.05, 4.69) is 17.5 Å². The van der Waals surface area contributed by atoms with E-state index < -0.39 is 4.92 Å². The molecular formula is C6H7N3O2Y3-2. The van der Waals surface area contributed by atoms with E-state index in [1.165, 1.54) is 4.57 Å². The van der Waals surface area contributed by atoms with Crippen LogP contribution in [0.15, 0.2) is 0 Å². The van der Waals surface area contributed by atoms with E-state index in [1.807, 2.05) is 6.92 Å². The maximum Gasteiger partial charge on any atom is 0.0461 e. The summed E-state index contributed by atoms with van der Waals surface area (Å²) in [5, 5.41) is 10.3.